The smallest absolute Gasteiger partial charge is 0.278 e. The average molecular weight is 196 g/mol. The Morgan fingerprint density at radius 3 is 2.73 bits per heavy atom. The molecule has 0 aliphatic carbocycles. The molecule has 0 bridgehead atoms. The van der Waals surface area contributed by atoms with E-state index < -0.39 is 7.59 Å². The van der Waals surface area contributed by atoms with Crippen LogP contribution >= 0.6 is 19.4 Å². The fourth-order valence-corrected chi connectivity index (χ4v) is 2.78. The van der Waals surface area contributed by atoms with Gasteiger partial charge in [0.05, 0.1) is 0 Å². The van der Waals surface area contributed by atoms with Gasteiger partial charge in [-0.1, -0.05) is 0 Å². The second kappa shape index (κ2) is 3.43. The van der Waals surface area contributed by atoms with Gasteiger partial charge in [-0.15, -0.1) is 11.8 Å². The molecular weight excluding hydrogens is 183 g/mol. The zero-order valence-electron chi connectivity index (χ0n) is 6.36. The number of thioether (sulfide) groups is 1. The summed E-state index contributed by atoms with van der Waals surface area (Å²) in [7, 11) is -1.39. The van der Waals surface area contributed by atoms with Gasteiger partial charge >= 0.3 is 0 Å². The maximum absolute atomic E-state index is 11.1. The molecule has 0 amide bonds. The fraction of sp³-hybridized carbons (Fsp3) is 1.00. The normalized spacial score (nSPS) is 26.4. The second-order valence-corrected chi connectivity index (χ2v) is 5.59. The Kier molecular flexibility index (Phi) is 2.96. The van der Waals surface area contributed by atoms with Gasteiger partial charge in [-0.05, 0) is 7.05 Å². The van der Waals surface area contributed by atoms with E-state index >= 15 is 0 Å². The van der Waals surface area contributed by atoms with Crippen LogP contribution in [0.2, 0.25) is 0 Å². The molecule has 0 aromatic rings. The van der Waals surface area contributed by atoms with E-state index in [1.165, 1.54) is 4.67 Å². The van der Waals surface area contributed by atoms with E-state index in [0.29, 0.717) is 0 Å². The van der Waals surface area contributed by atoms with Crippen molar-refractivity contribution in [1.29, 1.82) is 0 Å². The van der Waals surface area contributed by atoms with Crippen LogP contribution in [0.3, 0.4) is 0 Å². The third-order valence-corrected chi connectivity index (χ3v) is 4.14. The summed E-state index contributed by atoms with van der Waals surface area (Å²) >= 11 is 1.66. The van der Waals surface area contributed by atoms with Crippen LogP contribution in [-0.2, 0) is 4.57 Å². The Morgan fingerprint density at radius 1 is 1.73 bits per heavy atom. The van der Waals surface area contributed by atoms with Crippen molar-refractivity contribution in [2.75, 3.05) is 19.3 Å². The highest BCUT2D eigenvalue weighted by molar-refractivity contribution is 8.00. The Labute approximate surface area is 70.4 Å². The van der Waals surface area contributed by atoms with Crippen molar-refractivity contribution in [3.63, 3.8) is 0 Å². The van der Waals surface area contributed by atoms with Gasteiger partial charge in [0.2, 0.25) is 0 Å². The lowest BCUT2D eigenvalue weighted by Crippen LogP contribution is -2.39. The minimum absolute atomic E-state index is 0.0100. The molecule has 0 radical (unpaired) electrons. The van der Waals surface area contributed by atoms with Crippen LogP contribution in [0.15, 0.2) is 0 Å². The third-order valence-electron chi connectivity index (χ3n) is 1.53. The van der Waals surface area contributed by atoms with E-state index in [9.17, 15) is 4.57 Å². The fourth-order valence-electron chi connectivity index (χ4n) is 0.816. The van der Waals surface area contributed by atoms with E-state index in [1.54, 1.807) is 18.8 Å². The first kappa shape index (κ1) is 9.51. The lowest BCUT2D eigenvalue weighted by molar-refractivity contribution is 0.418. The lowest BCUT2D eigenvalue weighted by Gasteiger charge is -2.25. The number of rotatable bonds is 2. The summed E-state index contributed by atoms with van der Waals surface area (Å²) in [5.74, 6) is 1.01. The summed E-state index contributed by atoms with van der Waals surface area (Å²) in [6.07, 6.45) is 0. The maximum atomic E-state index is 11.1. The van der Waals surface area contributed by atoms with Crippen molar-refractivity contribution in [1.82, 2.24) is 9.99 Å². The monoisotopic (exact) mass is 196 g/mol. The summed E-state index contributed by atoms with van der Waals surface area (Å²) in [5.41, 5.74) is 10.5. The SMILES string of the molecule is CN(C1NCCS1)P(N)(N)=O. The Hall–Kier alpha value is 0.420. The second-order valence-electron chi connectivity index (χ2n) is 2.42. The molecule has 1 saturated heterocycles. The van der Waals surface area contributed by atoms with Crippen LogP contribution in [0.1, 0.15) is 0 Å². The van der Waals surface area contributed by atoms with Crippen molar-refractivity contribution < 1.29 is 4.57 Å². The van der Waals surface area contributed by atoms with Gasteiger partial charge in [0.1, 0.15) is 5.50 Å². The third kappa shape index (κ3) is 2.43. The predicted molar refractivity (Wildman–Crippen MR) is 48.0 cm³/mol. The first-order valence-corrected chi connectivity index (χ1v) is 6.12. The molecule has 1 fully saturated rings. The standard InChI is InChI=1S/C4H13N4OPS/c1-8(10(5,6)9)4-7-2-3-11-4/h4,7H,2-3H2,1H3,(H4,5,6,9). The highest BCUT2D eigenvalue weighted by atomic mass is 32.2. The predicted octanol–water partition coefficient (Wildman–Crippen LogP) is -0.436. The van der Waals surface area contributed by atoms with Gasteiger partial charge in [-0.3, -0.25) is 20.9 Å². The maximum Gasteiger partial charge on any atom is 0.278 e. The molecule has 7 heteroatoms. The molecule has 1 unspecified atom stereocenters. The van der Waals surface area contributed by atoms with Crippen molar-refractivity contribution >= 4 is 19.4 Å². The highest BCUT2D eigenvalue weighted by Crippen LogP contribution is 2.35. The van der Waals surface area contributed by atoms with Crippen molar-refractivity contribution in [3.05, 3.63) is 0 Å². The van der Waals surface area contributed by atoms with E-state index in [0.717, 1.165) is 12.3 Å². The minimum atomic E-state index is -3.06. The van der Waals surface area contributed by atoms with E-state index in [-0.39, 0.29) is 5.50 Å². The molecule has 5 nitrogen and oxygen atoms in total. The number of nitrogens with one attached hydrogen (secondary N) is 1. The Balaban J connectivity index is 2.53. The zero-order valence-corrected chi connectivity index (χ0v) is 8.07. The quantitative estimate of drug-likeness (QED) is 0.519. The van der Waals surface area contributed by atoms with Crippen LogP contribution < -0.4 is 16.3 Å². The molecule has 0 aromatic heterocycles. The largest absolute Gasteiger partial charge is 0.292 e. The van der Waals surface area contributed by atoms with Crippen molar-refractivity contribution in [2.24, 2.45) is 11.0 Å². The van der Waals surface area contributed by atoms with Crippen LogP contribution in [0, 0.1) is 0 Å². The van der Waals surface area contributed by atoms with Gasteiger partial charge < -0.3 is 0 Å². The molecular formula is C4H13N4OPS. The summed E-state index contributed by atoms with van der Waals surface area (Å²) in [5, 5.41) is 3.12. The lowest BCUT2D eigenvalue weighted by atomic mass is 10.7. The summed E-state index contributed by atoms with van der Waals surface area (Å²) < 4.78 is 12.6. The average Bonchev–Trinajstić information content (AvgIpc) is 2.34. The van der Waals surface area contributed by atoms with Gasteiger partial charge in [-0.2, -0.15) is 0 Å². The first-order valence-electron chi connectivity index (χ1n) is 3.27. The summed E-state index contributed by atoms with van der Waals surface area (Å²) in [6.45, 7) is 0.916. The molecule has 66 valence electrons. The molecule has 1 aliphatic heterocycles. The van der Waals surface area contributed by atoms with Crippen LogP contribution in [0.4, 0.5) is 0 Å². The van der Waals surface area contributed by atoms with Crippen LogP contribution in [0.5, 0.6) is 0 Å². The first-order chi connectivity index (χ1) is 5.02. The zero-order chi connectivity index (χ0) is 8.48. The van der Waals surface area contributed by atoms with Crippen molar-refractivity contribution in [2.45, 2.75) is 5.50 Å². The Bertz CT molecular complexity index is 177. The van der Waals surface area contributed by atoms with Gasteiger partial charge in [0, 0.05) is 12.3 Å². The van der Waals surface area contributed by atoms with Gasteiger partial charge in [0.15, 0.2) is 0 Å². The molecule has 5 N–H and O–H groups in total. The number of nitrogens with zero attached hydrogens (tertiary/aromatic N) is 1. The van der Waals surface area contributed by atoms with E-state index in [4.69, 9.17) is 11.0 Å². The summed E-state index contributed by atoms with van der Waals surface area (Å²) in [6, 6.07) is 0. The van der Waals surface area contributed by atoms with Crippen molar-refractivity contribution in [3.8, 4) is 0 Å². The summed E-state index contributed by atoms with van der Waals surface area (Å²) in [4.78, 5) is 0. The van der Waals surface area contributed by atoms with Crippen LogP contribution in [-0.4, -0.2) is 29.5 Å². The van der Waals surface area contributed by atoms with E-state index in [2.05, 4.69) is 5.32 Å². The minimum Gasteiger partial charge on any atom is -0.292 e. The molecule has 1 aliphatic rings. The molecule has 0 spiro atoms. The molecule has 1 rings (SSSR count). The topological polar surface area (TPSA) is 84.4 Å². The molecule has 1 heterocycles. The van der Waals surface area contributed by atoms with Crippen LogP contribution in [0.25, 0.3) is 0 Å². The number of hydrogen-bond donors (Lipinski definition) is 3. The van der Waals surface area contributed by atoms with Gasteiger partial charge in [-0.25, -0.2) is 4.67 Å². The molecule has 1 atom stereocenters. The number of hydrogen-bond acceptors (Lipinski definition) is 3. The Morgan fingerprint density at radius 2 is 2.36 bits per heavy atom. The molecule has 11 heavy (non-hydrogen) atoms. The molecule has 0 saturated carbocycles. The number of nitrogens with two attached hydrogens (primary N) is 2. The van der Waals surface area contributed by atoms with E-state index in [1.807, 2.05) is 0 Å². The highest BCUT2D eigenvalue weighted by Gasteiger charge is 2.27. The van der Waals surface area contributed by atoms with Gasteiger partial charge in [0.25, 0.3) is 7.59 Å². The molecule has 0 aromatic carbocycles.